The number of benzene rings is 1. The molecule has 0 aliphatic carbocycles. The molecule has 0 atom stereocenters. The van der Waals surface area contributed by atoms with Crippen molar-refractivity contribution in [2.24, 2.45) is 0 Å². The predicted molar refractivity (Wildman–Crippen MR) is 68.7 cm³/mol. The van der Waals surface area contributed by atoms with E-state index in [2.05, 4.69) is 32.0 Å². The minimum Gasteiger partial charge on any atom is -0.192 e. The van der Waals surface area contributed by atoms with Crippen molar-refractivity contribution in [3.05, 3.63) is 45.1 Å². The molecule has 0 radical (unpaired) electrons. The summed E-state index contributed by atoms with van der Waals surface area (Å²) in [5.74, 6) is 0. The van der Waals surface area contributed by atoms with Gasteiger partial charge in [0.25, 0.3) is 0 Å². The Balaban J connectivity index is 2.75. The molecule has 1 aromatic heterocycles. The van der Waals surface area contributed by atoms with Gasteiger partial charge in [-0.05, 0) is 31.9 Å². The lowest BCUT2D eigenvalue weighted by atomic mass is 9.97. The van der Waals surface area contributed by atoms with Crippen molar-refractivity contribution in [3.8, 4) is 17.2 Å². The van der Waals surface area contributed by atoms with E-state index < -0.39 is 0 Å². The van der Waals surface area contributed by atoms with E-state index in [0.29, 0.717) is 0 Å². The zero-order valence-electron chi connectivity index (χ0n) is 9.66. The molecule has 0 N–H and O–H groups in total. The third kappa shape index (κ3) is 1.64. The van der Waals surface area contributed by atoms with Gasteiger partial charge in [-0.1, -0.05) is 24.3 Å². The summed E-state index contributed by atoms with van der Waals surface area (Å²) in [7, 11) is 0. The summed E-state index contributed by atoms with van der Waals surface area (Å²) in [5, 5.41) is 9.22. The average molecular weight is 227 g/mol. The molecule has 0 saturated heterocycles. The minimum atomic E-state index is 0.830. The molecule has 1 heterocycles. The van der Waals surface area contributed by atoms with Crippen LogP contribution < -0.4 is 0 Å². The van der Waals surface area contributed by atoms with Crippen LogP contribution in [0.15, 0.2) is 24.3 Å². The molecule has 0 fully saturated rings. The van der Waals surface area contributed by atoms with Gasteiger partial charge in [-0.25, -0.2) is 0 Å². The molecule has 80 valence electrons. The lowest BCUT2D eigenvalue weighted by molar-refractivity contribution is 1.42. The van der Waals surface area contributed by atoms with Gasteiger partial charge in [0.1, 0.15) is 6.07 Å². The largest absolute Gasteiger partial charge is 0.192 e. The van der Waals surface area contributed by atoms with E-state index >= 15 is 0 Å². The maximum absolute atomic E-state index is 9.22. The lowest BCUT2D eigenvalue weighted by Crippen LogP contribution is -1.86. The third-order valence-electron chi connectivity index (χ3n) is 2.79. The third-order valence-corrected chi connectivity index (χ3v) is 3.81. The highest BCUT2D eigenvalue weighted by Gasteiger charge is 2.15. The lowest BCUT2D eigenvalue weighted by Gasteiger charge is -2.05. The fraction of sp³-hybridized carbons (Fsp3) is 0.214. The Morgan fingerprint density at radius 2 is 1.75 bits per heavy atom. The maximum atomic E-state index is 9.22. The number of aryl methyl sites for hydroxylation is 3. The number of rotatable bonds is 1. The van der Waals surface area contributed by atoms with Gasteiger partial charge in [-0.2, -0.15) is 5.26 Å². The van der Waals surface area contributed by atoms with Crippen molar-refractivity contribution in [2.45, 2.75) is 20.8 Å². The normalized spacial score (nSPS) is 10.1. The van der Waals surface area contributed by atoms with Crippen molar-refractivity contribution in [1.29, 1.82) is 5.26 Å². The van der Waals surface area contributed by atoms with Gasteiger partial charge in [-0.3, -0.25) is 0 Å². The van der Waals surface area contributed by atoms with E-state index in [-0.39, 0.29) is 0 Å². The smallest absolute Gasteiger partial charge is 0.101 e. The second-order valence-electron chi connectivity index (χ2n) is 3.89. The van der Waals surface area contributed by atoms with Crippen LogP contribution in [-0.2, 0) is 0 Å². The van der Waals surface area contributed by atoms with Crippen LogP contribution in [0.1, 0.15) is 20.9 Å². The van der Waals surface area contributed by atoms with E-state index in [0.717, 1.165) is 16.0 Å². The van der Waals surface area contributed by atoms with Gasteiger partial charge in [0.05, 0.1) is 5.56 Å². The molecule has 1 nitrogen and oxygen atoms in total. The number of nitrogens with zero attached hydrogens (tertiary/aromatic N) is 1. The van der Waals surface area contributed by atoms with Gasteiger partial charge in [0.2, 0.25) is 0 Å². The van der Waals surface area contributed by atoms with Crippen LogP contribution in [0.4, 0.5) is 0 Å². The fourth-order valence-corrected chi connectivity index (χ4v) is 3.02. The summed E-state index contributed by atoms with van der Waals surface area (Å²) in [6.07, 6.45) is 0. The minimum absolute atomic E-state index is 0.830. The van der Waals surface area contributed by atoms with Crippen LogP contribution in [0.25, 0.3) is 11.1 Å². The van der Waals surface area contributed by atoms with Gasteiger partial charge in [0.15, 0.2) is 0 Å². The summed E-state index contributed by atoms with van der Waals surface area (Å²) >= 11 is 1.70. The second-order valence-corrected chi connectivity index (χ2v) is 5.32. The summed E-state index contributed by atoms with van der Waals surface area (Å²) in [6, 6.07) is 10.5. The SMILES string of the molecule is Cc1ccccc1-c1c(C)sc(C)c1C#N. The van der Waals surface area contributed by atoms with E-state index in [1.54, 1.807) is 11.3 Å². The number of thiophene rings is 1. The Morgan fingerprint density at radius 3 is 2.38 bits per heavy atom. The standard InChI is InChI=1S/C14H13NS/c1-9-6-4-5-7-12(9)14-11(3)16-10(2)13(14)8-15/h4-7H,1-3H3. The van der Waals surface area contributed by atoms with Gasteiger partial charge in [-0.15, -0.1) is 11.3 Å². The number of nitriles is 1. The fourth-order valence-electron chi connectivity index (χ4n) is 2.00. The van der Waals surface area contributed by atoms with Gasteiger partial charge < -0.3 is 0 Å². The van der Waals surface area contributed by atoms with Crippen molar-refractivity contribution < 1.29 is 0 Å². The van der Waals surface area contributed by atoms with Crippen LogP contribution in [0, 0.1) is 32.1 Å². The second kappa shape index (κ2) is 4.11. The van der Waals surface area contributed by atoms with E-state index in [4.69, 9.17) is 0 Å². The van der Waals surface area contributed by atoms with Crippen molar-refractivity contribution in [2.75, 3.05) is 0 Å². The highest BCUT2D eigenvalue weighted by atomic mass is 32.1. The molecule has 0 saturated carbocycles. The molecule has 2 heteroatoms. The Bertz CT molecular complexity index is 573. The van der Waals surface area contributed by atoms with Crippen molar-refractivity contribution >= 4 is 11.3 Å². The first-order valence-electron chi connectivity index (χ1n) is 5.21. The molecule has 0 amide bonds. The van der Waals surface area contributed by atoms with Crippen molar-refractivity contribution in [3.63, 3.8) is 0 Å². The first-order chi connectivity index (χ1) is 7.65. The predicted octanol–water partition coefficient (Wildman–Crippen LogP) is 4.21. The molecular weight excluding hydrogens is 214 g/mol. The van der Waals surface area contributed by atoms with Crippen LogP contribution in [0.3, 0.4) is 0 Å². The van der Waals surface area contributed by atoms with Gasteiger partial charge in [0, 0.05) is 15.3 Å². The highest BCUT2D eigenvalue weighted by Crippen LogP contribution is 2.36. The molecule has 2 aromatic rings. The Hall–Kier alpha value is -1.59. The molecule has 1 aromatic carbocycles. The average Bonchev–Trinajstić information content (AvgIpc) is 2.54. The highest BCUT2D eigenvalue weighted by molar-refractivity contribution is 7.12. The van der Waals surface area contributed by atoms with Crippen LogP contribution in [0.5, 0.6) is 0 Å². The summed E-state index contributed by atoms with van der Waals surface area (Å²) in [5.41, 5.74) is 4.35. The Labute approximate surface area is 100.0 Å². The van der Waals surface area contributed by atoms with Crippen molar-refractivity contribution in [1.82, 2.24) is 0 Å². The number of hydrogen-bond acceptors (Lipinski definition) is 2. The summed E-state index contributed by atoms with van der Waals surface area (Å²) in [4.78, 5) is 2.33. The number of hydrogen-bond donors (Lipinski definition) is 0. The topological polar surface area (TPSA) is 23.8 Å². The molecule has 16 heavy (non-hydrogen) atoms. The van der Waals surface area contributed by atoms with E-state index in [9.17, 15) is 5.26 Å². The molecule has 0 spiro atoms. The zero-order valence-corrected chi connectivity index (χ0v) is 10.5. The first kappa shape index (κ1) is 10.9. The molecule has 2 rings (SSSR count). The Kier molecular flexibility index (Phi) is 2.80. The quantitative estimate of drug-likeness (QED) is 0.715. The zero-order chi connectivity index (χ0) is 11.7. The van der Waals surface area contributed by atoms with Crippen LogP contribution in [0.2, 0.25) is 0 Å². The molecule has 0 unspecified atom stereocenters. The monoisotopic (exact) mass is 227 g/mol. The van der Waals surface area contributed by atoms with Crippen LogP contribution >= 0.6 is 11.3 Å². The molecular formula is C14H13NS. The van der Waals surface area contributed by atoms with E-state index in [1.807, 2.05) is 19.1 Å². The van der Waals surface area contributed by atoms with E-state index in [1.165, 1.54) is 16.0 Å². The summed E-state index contributed by atoms with van der Waals surface area (Å²) in [6.45, 7) is 6.18. The maximum Gasteiger partial charge on any atom is 0.101 e. The van der Waals surface area contributed by atoms with Gasteiger partial charge >= 0.3 is 0 Å². The molecule has 0 bridgehead atoms. The molecule has 0 aliphatic heterocycles. The first-order valence-corrected chi connectivity index (χ1v) is 6.03. The van der Waals surface area contributed by atoms with Crippen LogP contribution in [-0.4, -0.2) is 0 Å². The molecule has 0 aliphatic rings. The Morgan fingerprint density at radius 1 is 1.06 bits per heavy atom. The summed E-state index contributed by atoms with van der Waals surface area (Å²) < 4.78 is 0.